The summed E-state index contributed by atoms with van der Waals surface area (Å²) in [5.41, 5.74) is 2.55. The Balaban J connectivity index is 1.57. The van der Waals surface area contributed by atoms with Gasteiger partial charge in [0.05, 0.1) is 6.10 Å². The summed E-state index contributed by atoms with van der Waals surface area (Å²) >= 11 is 0. The number of aromatic nitrogens is 1. The zero-order valence-corrected chi connectivity index (χ0v) is 12.4. The van der Waals surface area contributed by atoms with Gasteiger partial charge in [-0.15, -0.1) is 0 Å². The third-order valence-corrected chi connectivity index (χ3v) is 3.49. The predicted molar refractivity (Wildman–Crippen MR) is 82.5 cm³/mol. The second-order valence-electron chi connectivity index (χ2n) is 5.06. The molecule has 0 bridgehead atoms. The van der Waals surface area contributed by atoms with Crippen molar-refractivity contribution in [3.05, 3.63) is 59.9 Å². The second kappa shape index (κ2) is 7.88. The van der Waals surface area contributed by atoms with Gasteiger partial charge in [-0.25, -0.2) is 0 Å². The lowest BCUT2D eigenvalue weighted by atomic mass is 10.1. The molecule has 0 saturated carbocycles. The topological polar surface area (TPSA) is 26.2 Å². The highest BCUT2D eigenvalue weighted by Gasteiger charge is 2.04. The third kappa shape index (κ3) is 4.51. The summed E-state index contributed by atoms with van der Waals surface area (Å²) in [7, 11) is 2.07. The molecule has 0 spiro atoms. The monoisotopic (exact) mass is 272 g/mol. The maximum Gasteiger partial charge on any atom is 0.0796 e. The molecule has 0 aliphatic rings. The highest BCUT2D eigenvalue weighted by Crippen LogP contribution is 2.15. The molecule has 1 heterocycles. The lowest BCUT2D eigenvalue weighted by Crippen LogP contribution is -2.18. The number of nitrogens with zero attached hydrogens (tertiary/aromatic N) is 1. The summed E-state index contributed by atoms with van der Waals surface area (Å²) in [6.07, 6.45) is 3.27. The van der Waals surface area contributed by atoms with Crippen LogP contribution in [0.1, 0.15) is 30.7 Å². The van der Waals surface area contributed by atoms with Crippen LogP contribution in [-0.2, 0) is 18.3 Å². The summed E-state index contributed by atoms with van der Waals surface area (Å²) in [5, 5.41) is 3.44. The first-order chi connectivity index (χ1) is 9.77. The van der Waals surface area contributed by atoms with Crippen molar-refractivity contribution in [2.24, 2.45) is 7.05 Å². The van der Waals surface area contributed by atoms with Crippen LogP contribution in [0.15, 0.2) is 48.7 Å². The highest BCUT2D eigenvalue weighted by molar-refractivity contribution is 5.16. The Morgan fingerprint density at radius 3 is 2.65 bits per heavy atom. The molecular weight excluding hydrogens is 248 g/mol. The first kappa shape index (κ1) is 14.8. The van der Waals surface area contributed by atoms with E-state index in [1.165, 1.54) is 11.3 Å². The van der Waals surface area contributed by atoms with Crippen molar-refractivity contribution in [1.82, 2.24) is 9.88 Å². The van der Waals surface area contributed by atoms with Crippen LogP contribution in [0.5, 0.6) is 0 Å². The van der Waals surface area contributed by atoms with Gasteiger partial charge in [-0.1, -0.05) is 30.3 Å². The molecule has 3 heteroatoms. The quantitative estimate of drug-likeness (QED) is 0.746. The molecule has 20 heavy (non-hydrogen) atoms. The average Bonchev–Trinajstić information content (AvgIpc) is 2.89. The Morgan fingerprint density at radius 2 is 1.95 bits per heavy atom. The van der Waals surface area contributed by atoms with E-state index in [0.717, 1.165) is 26.1 Å². The smallest absolute Gasteiger partial charge is 0.0796 e. The standard InChI is InChI=1S/C17H24N2O/c1-15(16-8-4-3-5-9-16)20-13-7-11-18-14-17-10-6-12-19(17)2/h3-6,8-10,12,15,18H,7,11,13-14H2,1-2H3. The number of aryl methyl sites for hydroxylation is 1. The molecule has 0 radical (unpaired) electrons. The predicted octanol–water partition coefficient (Wildman–Crippen LogP) is 3.28. The van der Waals surface area contributed by atoms with E-state index in [0.29, 0.717) is 0 Å². The maximum atomic E-state index is 5.84. The van der Waals surface area contributed by atoms with Crippen LogP contribution < -0.4 is 5.32 Å². The van der Waals surface area contributed by atoms with E-state index in [2.05, 4.69) is 66.5 Å². The minimum Gasteiger partial charge on any atom is -0.374 e. The molecule has 1 N–H and O–H groups in total. The Kier molecular flexibility index (Phi) is 5.84. The molecule has 1 atom stereocenters. The first-order valence-corrected chi connectivity index (χ1v) is 7.25. The minimum absolute atomic E-state index is 0.170. The van der Waals surface area contributed by atoms with Crippen LogP contribution in [0.2, 0.25) is 0 Å². The molecule has 0 saturated heterocycles. The second-order valence-corrected chi connectivity index (χ2v) is 5.06. The Morgan fingerprint density at radius 1 is 1.15 bits per heavy atom. The summed E-state index contributed by atoms with van der Waals surface area (Å²) < 4.78 is 7.98. The number of nitrogens with one attached hydrogen (secondary N) is 1. The van der Waals surface area contributed by atoms with Gasteiger partial charge in [0, 0.05) is 32.1 Å². The fourth-order valence-corrected chi connectivity index (χ4v) is 2.17. The largest absolute Gasteiger partial charge is 0.374 e. The van der Waals surface area contributed by atoms with E-state index in [1.807, 2.05) is 6.07 Å². The third-order valence-electron chi connectivity index (χ3n) is 3.49. The van der Waals surface area contributed by atoms with Gasteiger partial charge < -0.3 is 14.6 Å². The van der Waals surface area contributed by atoms with Crippen LogP contribution in [0.25, 0.3) is 0 Å². The van der Waals surface area contributed by atoms with E-state index in [1.54, 1.807) is 0 Å². The molecule has 1 aromatic heterocycles. The summed E-state index contributed by atoms with van der Waals surface area (Å²) in [6, 6.07) is 14.6. The van der Waals surface area contributed by atoms with E-state index >= 15 is 0 Å². The van der Waals surface area contributed by atoms with Crippen molar-refractivity contribution in [3.63, 3.8) is 0 Å². The van der Waals surface area contributed by atoms with Gasteiger partial charge in [-0.05, 0) is 37.6 Å². The molecule has 2 rings (SSSR count). The molecule has 1 aromatic carbocycles. The zero-order chi connectivity index (χ0) is 14.2. The Bertz CT molecular complexity index is 493. The van der Waals surface area contributed by atoms with Gasteiger partial charge in [0.25, 0.3) is 0 Å². The first-order valence-electron chi connectivity index (χ1n) is 7.25. The lowest BCUT2D eigenvalue weighted by molar-refractivity contribution is 0.0640. The van der Waals surface area contributed by atoms with Crippen molar-refractivity contribution >= 4 is 0 Å². The number of hydrogen-bond acceptors (Lipinski definition) is 2. The van der Waals surface area contributed by atoms with Crippen LogP contribution in [0, 0.1) is 0 Å². The van der Waals surface area contributed by atoms with Gasteiger partial charge in [0.15, 0.2) is 0 Å². The summed E-state index contributed by atoms with van der Waals surface area (Å²) in [4.78, 5) is 0. The van der Waals surface area contributed by atoms with Crippen molar-refractivity contribution in [3.8, 4) is 0 Å². The zero-order valence-electron chi connectivity index (χ0n) is 12.4. The van der Waals surface area contributed by atoms with Crippen LogP contribution in [-0.4, -0.2) is 17.7 Å². The van der Waals surface area contributed by atoms with Gasteiger partial charge in [-0.3, -0.25) is 0 Å². The van der Waals surface area contributed by atoms with Gasteiger partial charge in [0.1, 0.15) is 0 Å². The van der Waals surface area contributed by atoms with Crippen LogP contribution in [0.4, 0.5) is 0 Å². The number of ether oxygens (including phenoxy) is 1. The lowest BCUT2D eigenvalue weighted by Gasteiger charge is -2.13. The van der Waals surface area contributed by atoms with Gasteiger partial charge in [-0.2, -0.15) is 0 Å². The van der Waals surface area contributed by atoms with Crippen molar-refractivity contribution in [1.29, 1.82) is 0 Å². The van der Waals surface area contributed by atoms with E-state index in [4.69, 9.17) is 4.74 Å². The number of hydrogen-bond donors (Lipinski definition) is 1. The van der Waals surface area contributed by atoms with Crippen LogP contribution >= 0.6 is 0 Å². The maximum absolute atomic E-state index is 5.84. The van der Waals surface area contributed by atoms with E-state index in [-0.39, 0.29) is 6.10 Å². The molecule has 0 aliphatic heterocycles. The van der Waals surface area contributed by atoms with E-state index < -0.39 is 0 Å². The average molecular weight is 272 g/mol. The van der Waals surface area contributed by atoms with Crippen molar-refractivity contribution < 1.29 is 4.74 Å². The molecular formula is C17H24N2O. The summed E-state index contributed by atoms with van der Waals surface area (Å²) in [6.45, 7) is 4.79. The highest BCUT2D eigenvalue weighted by atomic mass is 16.5. The summed E-state index contributed by atoms with van der Waals surface area (Å²) in [5.74, 6) is 0. The molecule has 0 fully saturated rings. The van der Waals surface area contributed by atoms with Gasteiger partial charge >= 0.3 is 0 Å². The van der Waals surface area contributed by atoms with Crippen LogP contribution in [0.3, 0.4) is 0 Å². The minimum atomic E-state index is 0.170. The molecule has 0 aliphatic carbocycles. The van der Waals surface area contributed by atoms with E-state index in [9.17, 15) is 0 Å². The molecule has 1 unspecified atom stereocenters. The normalized spacial score (nSPS) is 12.5. The number of benzene rings is 1. The van der Waals surface area contributed by atoms with Crippen molar-refractivity contribution in [2.45, 2.75) is 26.0 Å². The fourth-order valence-electron chi connectivity index (χ4n) is 2.17. The fraction of sp³-hybridized carbons (Fsp3) is 0.412. The van der Waals surface area contributed by atoms with Gasteiger partial charge in [0.2, 0.25) is 0 Å². The Hall–Kier alpha value is -1.58. The SMILES string of the molecule is CC(OCCCNCc1cccn1C)c1ccccc1. The number of rotatable bonds is 8. The van der Waals surface area contributed by atoms with Crippen molar-refractivity contribution in [2.75, 3.05) is 13.2 Å². The Labute approximate surface area is 121 Å². The molecule has 0 amide bonds. The molecule has 3 nitrogen and oxygen atoms in total. The molecule has 2 aromatic rings. The molecule has 108 valence electrons.